The van der Waals surface area contributed by atoms with E-state index < -0.39 is 5.06 Å². The molecule has 0 saturated carbocycles. The number of halogens is 1. The van der Waals surface area contributed by atoms with Crippen LogP contribution in [0, 0.1) is 0 Å². The van der Waals surface area contributed by atoms with Gasteiger partial charge in [-0.1, -0.05) is 18.2 Å². The van der Waals surface area contributed by atoms with Gasteiger partial charge in [0.25, 0.3) is 0 Å². The summed E-state index contributed by atoms with van der Waals surface area (Å²) in [7, 11) is 0. The van der Waals surface area contributed by atoms with E-state index in [-0.39, 0.29) is 12.5 Å². The number of carbonyl (C=O) groups excluding carboxylic acids is 1. The molecule has 4 heteroatoms. The summed E-state index contributed by atoms with van der Waals surface area (Å²) in [5, 5.41) is 9.84. The molecule has 0 fully saturated rings. The van der Waals surface area contributed by atoms with Gasteiger partial charge in [0.05, 0.1) is 6.54 Å². The minimum atomic E-state index is -1.38. The summed E-state index contributed by atoms with van der Waals surface area (Å²) in [6.45, 7) is 4.62. The molecule has 3 nitrogen and oxygen atoms in total. The topological polar surface area (TPSA) is 49.3 Å². The van der Waals surface area contributed by atoms with Gasteiger partial charge in [-0.05, 0) is 13.0 Å². The fourth-order valence-electron chi connectivity index (χ4n) is 0.321. The van der Waals surface area contributed by atoms with Crippen LogP contribution in [0.1, 0.15) is 6.92 Å². The van der Waals surface area contributed by atoms with Gasteiger partial charge in [-0.2, -0.15) is 0 Å². The number of nitrogens with one attached hydrogen (secondary N) is 1. The lowest BCUT2D eigenvalue weighted by Crippen LogP contribution is -2.35. The summed E-state index contributed by atoms with van der Waals surface area (Å²) in [6, 6.07) is 0. The molecule has 0 aromatic carbocycles. The smallest absolute Gasteiger partial charge is 0.243 e. The van der Waals surface area contributed by atoms with Crippen molar-refractivity contribution in [1.29, 1.82) is 0 Å². The normalized spacial score (nSPS) is 15.5. The number of rotatable bonds is 3. The van der Waals surface area contributed by atoms with Crippen molar-refractivity contribution in [2.45, 2.75) is 12.0 Å². The van der Waals surface area contributed by atoms with Crippen molar-refractivity contribution in [1.82, 2.24) is 5.32 Å². The van der Waals surface area contributed by atoms with Gasteiger partial charge >= 0.3 is 0 Å². The highest BCUT2D eigenvalue weighted by atomic mass is 35.5. The van der Waals surface area contributed by atoms with Gasteiger partial charge in [-0.3, -0.25) is 4.79 Å². The first-order valence-corrected chi connectivity index (χ1v) is 3.15. The quantitative estimate of drug-likeness (QED) is 0.463. The van der Waals surface area contributed by atoms with Gasteiger partial charge in [-0.25, -0.2) is 0 Å². The summed E-state index contributed by atoms with van der Waals surface area (Å²) in [4.78, 5) is 10.5. The predicted octanol–water partition coefficient (Wildman–Crippen LogP) is 0.236. The van der Waals surface area contributed by atoms with E-state index in [1.807, 2.05) is 0 Å². The van der Waals surface area contributed by atoms with E-state index in [0.717, 1.165) is 6.08 Å². The number of carbonyl (C=O) groups is 1. The molecule has 0 aliphatic heterocycles. The zero-order valence-corrected chi connectivity index (χ0v) is 6.48. The van der Waals surface area contributed by atoms with Crippen LogP contribution < -0.4 is 5.32 Å². The first-order valence-electron chi connectivity index (χ1n) is 2.77. The van der Waals surface area contributed by atoms with E-state index in [1.54, 1.807) is 0 Å². The molecule has 2 N–H and O–H groups in total. The van der Waals surface area contributed by atoms with E-state index in [9.17, 15) is 4.79 Å². The Balaban J connectivity index is 3.55. The van der Waals surface area contributed by atoms with Crippen molar-refractivity contribution in [3.8, 4) is 0 Å². The van der Waals surface area contributed by atoms with Crippen LogP contribution in [0.15, 0.2) is 12.7 Å². The largest absolute Gasteiger partial charge is 0.373 e. The SMILES string of the molecule is C=CC(=O)NCC(C)(O)Cl. The molecule has 1 atom stereocenters. The van der Waals surface area contributed by atoms with Crippen LogP contribution in [-0.4, -0.2) is 22.6 Å². The van der Waals surface area contributed by atoms with E-state index in [0.29, 0.717) is 0 Å². The second-order valence-corrected chi connectivity index (χ2v) is 2.88. The third kappa shape index (κ3) is 5.59. The molecule has 0 aliphatic rings. The van der Waals surface area contributed by atoms with Gasteiger partial charge in [0.2, 0.25) is 5.91 Å². The van der Waals surface area contributed by atoms with Crippen LogP contribution in [0.25, 0.3) is 0 Å². The molecular formula is C6H10ClNO2. The van der Waals surface area contributed by atoms with Crippen LogP contribution in [0.3, 0.4) is 0 Å². The maximum atomic E-state index is 10.5. The van der Waals surface area contributed by atoms with Crippen molar-refractivity contribution in [2.75, 3.05) is 6.54 Å². The van der Waals surface area contributed by atoms with Crippen LogP contribution >= 0.6 is 11.6 Å². The predicted molar refractivity (Wildman–Crippen MR) is 39.7 cm³/mol. The summed E-state index contributed by atoms with van der Waals surface area (Å²) < 4.78 is 0. The van der Waals surface area contributed by atoms with Crippen LogP contribution in [0.2, 0.25) is 0 Å². The molecule has 0 aromatic heterocycles. The average molecular weight is 164 g/mol. The lowest BCUT2D eigenvalue weighted by Gasteiger charge is -2.13. The third-order valence-electron chi connectivity index (χ3n) is 0.771. The highest BCUT2D eigenvalue weighted by Crippen LogP contribution is 2.05. The summed E-state index contributed by atoms with van der Waals surface area (Å²) in [5.41, 5.74) is 0. The Morgan fingerprint density at radius 3 is 2.80 bits per heavy atom. The second-order valence-electron chi connectivity index (χ2n) is 2.06. The lowest BCUT2D eigenvalue weighted by molar-refractivity contribution is -0.117. The number of amides is 1. The fourth-order valence-corrected chi connectivity index (χ4v) is 0.387. The molecule has 0 aromatic rings. The molecule has 1 amide bonds. The minimum Gasteiger partial charge on any atom is -0.373 e. The second kappa shape index (κ2) is 3.58. The van der Waals surface area contributed by atoms with Crippen molar-refractivity contribution in [3.05, 3.63) is 12.7 Å². The van der Waals surface area contributed by atoms with E-state index >= 15 is 0 Å². The van der Waals surface area contributed by atoms with Crippen molar-refractivity contribution >= 4 is 17.5 Å². The first-order chi connectivity index (χ1) is 4.45. The molecule has 1 unspecified atom stereocenters. The summed E-state index contributed by atoms with van der Waals surface area (Å²) in [5.74, 6) is -0.346. The highest BCUT2D eigenvalue weighted by Gasteiger charge is 2.15. The molecule has 0 bridgehead atoms. The number of hydrogen-bond donors (Lipinski definition) is 2. The first kappa shape index (κ1) is 9.46. The molecular weight excluding hydrogens is 154 g/mol. The van der Waals surface area contributed by atoms with Gasteiger partial charge in [0.15, 0.2) is 5.06 Å². The Kier molecular flexibility index (Phi) is 3.39. The van der Waals surface area contributed by atoms with Gasteiger partial charge < -0.3 is 10.4 Å². The molecule has 0 aliphatic carbocycles. The zero-order valence-electron chi connectivity index (χ0n) is 5.72. The molecule has 0 spiro atoms. The van der Waals surface area contributed by atoms with Crippen LogP contribution in [0.4, 0.5) is 0 Å². The molecule has 0 radical (unpaired) electrons. The van der Waals surface area contributed by atoms with Crippen molar-refractivity contribution in [3.63, 3.8) is 0 Å². The Labute approximate surface area is 64.7 Å². The highest BCUT2D eigenvalue weighted by molar-refractivity contribution is 6.22. The Morgan fingerprint density at radius 2 is 2.50 bits per heavy atom. The third-order valence-corrected chi connectivity index (χ3v) is 0.904. The van der Waals surface area contributed by atoms with E-state index in [1.165, 1.54) is 6.92 Å². The minimum absolute atomic E-state index is 0.0133. The van der Waals surface area contributed by atoms with Crippen molar-refractivity contribution < 1.29 is 9.90 Å². The zero-order chi connectivity index (χ0) is 8.20. The summed E-state index contributed by atoms with van der Waals surface area (Å²) in [6.07, 6.45) is 1.11. The monoisotopic (exact) mass is 163 g/mol. The maximum absolute atomic E-state index is 10.5. The Hall–Kier alpha value is -0.540. The number of hydrogen-bond acceptors (Lipinski definition) is 2. The van der Waals surface area contributed by atoms with Crippen LogP contribution in [-0.2, 0) is 4.79 Å². The van der Waals surface area contributed by atoms with Gasteiger partial charge in [0, 0.05) is 0 Å². The average Bonchev–Trinajstić information content (AvgIpc) is 1.81. The van der Waals surface area contributed by atoms with E-state index in [4.69, 9.17) is 16.7 Å². The molecule has 0 heterocycles. The van der Waals surface area contributed by atoms with Crippen molar-refractivity contribution in [2.24, 2.45) is 0 Å². The Morgan fingerprint density at radius 1 is 2.00 bits per heavy atom. The summed E-state index contributed by atoms with van der Waals surface area (Å²) >= 11 is 5.34. The number of alkyl halides is 1. The fraction of sp³-hybridized carbons (Fsp3) is 0.500. The molecule has 0 rings (SSSR count). The maximum Gasteiger partial charge on any atom is 0.243 e. The lowest BCUT2D eigenvalue weighted by atomic mass is 10.4. The molecule has 10 heavy (non-hydrogen) atoms. The van der Waals surface area contributed by atoms with Crippen LogP contribution in [0.5, 0.6) is 0 Å². The molecule has 0 saturated heterocycles. The number of aliphatic hydroxyl groups is 1. The van der Waals surface area contributed by atoms with E-state index in [2.05, 4.69) is 11.9 Å². The Bertz CT molecular complexity index is 139. The van der Waals surface area contributed by atoms with Gasteiger partial charge in [-0.15, -0.1) is 0 Å². The molecule has 58 valence electrons. The van der Waals surface area contributed by atoms with Gasteiger partial charge in [0.1, 0.15) is 0 Å². The standard InChI is InChI=1S/C6H10ClNO2/c1-3-5(9)8-4-6(2,7)10/h3,10H,1,4H2,2H3,(H,8,9).